The van der Waals surface area contributed by atoms with Crippen LogP contribution in [0.4, 0.5) is 0 Å². The second-order valence-electron chi connectivity index (χ2n) is 5.65. The van der Waals surface area contributed by atoms with Gasteiger partial charge in [-0.2, -0.15) is 4.98 Å². The third kappa shape index (κ3) is 2.97. The Labute approximate surface area is 124 Å². The van der Waals surface area contributed by atoms with E-state index in [9.17, 15) is 5.11 Å². The van der Waals surface area contributed by atoms with E-state index in [1.54, 1.807) is 6.20 Å². The van der Waals surface area contributed by atoms with Crippen LogP contribution < -0.4 is 0 Å². The van der Waals surface area contributed by atoms with Gasteiger partial charge in [-0.3, -0.25) is 4.98 Å². The SMILES string of the molecule is CCc1cnccc1-c1noc(C2CCCCCC2O)n1. The fourth-order valence-corrected chi connectivity index (χ4v) is 3.00. The van der Waals surface area contributed by atoms with Crippen molar-refractivity contribution in [2.75, 3.05) is 0 Å². The van der Waals surface area contributed by atoms with Crippen molar-refractivity contribution in [2.24, 2.45) is 0 Å². The largest absolute Gasteiger partial charge is 0.392 e. The van der Waals surface area contributed by atoms with E-state index in [-0.39, 0.29) is 12.0 Å². The van der Waals surface area contributed by atoms with Crippen LogP contribution in [-0.4, -0.2) is 26.3 Å². The summed E-state index contributed by atoms with van der Waals surface area (Å²) in [6, 6.07) is 1.91. The lowest BCUT2D eigenvalue weighted by Gasteiger charge is -2.15. The maximum absolute atomic E-state index is 10.2. The average molecular weight is 287 g/mol. The molecular weight excluding hydrogens is 266 g/mol. The molecule has 2 aromatic heterocycles. The Morgan fingerprint density at radius 3 is 3.00 bits per heavy atom. The van der Waals surface area contributed by atoms with Crippen molar-refractivity contribution in [1.82, 2.24) is 15.1 Å². The van der Waals surface area contributed by atoms with Gasteiger partial charge >= 0.3 is 0 Å². The Hall–Kier alpha value is -1.75. The highest BCUT2D eigenvalue weighted by Gasteiger charge is 2.28. The van der Waals surface area contributed by atoms with Gasteiger partial charge in [-0.15, -0.1) is 0 Å². The van der Waals surface area contributed by atoms with E-state index in [0.29, 0.717) is 11.7 Å². The number of aliphatic hydroxyl groups excluding tert-OH is 1. The molecule has 5 nitrogen and oxygen atoms in total. The van der Waals surface area contributed by atoms with Gasteiger partial charge in [0, 0.05) is 18.0 Å². The fourth-order valence-electron chi connectivity index (χ4n) is 3.00. The van der Waals surface area contributed by atoms with Crippen molar-refractivity contribution in [2.45, 2.75) is 57.5 Å². The van der Waals surface area contributed by atoms with Crippen molar-refractivity contribution >= 4 is 0 Å². The fraction of sp³-hybridized carbons (Fsp3) is 0.562. The lowest BCUT2D eigenvalue weighted by atomic mass is 9.97. The molecule has 5 heteroatoms. The summed E-state index contributed by atoms with van der Waals surface area (Å²) in [6.07, 6.45) is 9.16. The zero-order valence-corrected chi connectivity index (χ0v) is 12.3. The van der Waals surface area contributed by atoms with E-state index in [1.165, 1.54) is 6.42 Å². The number of aliphatic hydroxyl groups is 1. The topological polar surface area (TPSA) is 72.0 Å². The molecule has 3 rings (SSSR count). The van der Waals surface area contributed by atoms with Crippen LogP contribution in [0.2, 0.25) is 0 Å². The Kier molecular flexibility index (Phi) is 4.29. The number of nitrogens with zero attached hydrogens (tertiary/aromatic N) is 3. The second-order valence-corrected chi connectivity index (χ2v) is 5.65. The van der Waals surface area contributed by atoms with Crippen LogP contribution in [0.15, 0.2) is 23.0 Å². The van der Waals surface area contributed by atoms with Gasteiger partial charge in [-0.25, -0.2) is 0 Å². The van der Waals surface area contributed by atoms with Gasteiger partial charge in [0.15, 0.2) is 0 Å². The van der Waals surface area contributed by atoms with Crippen molar-refractivity contribution in [3.63, 3.8) is 0 Å². The number of aryl methyl sites for hydroxylation is 1. The summed E-state index contributed by atoms with van der Waals surface area (Å²) in [5.41, 5.74) is 2.07. The van der Waals surface area contributed by atoms with Crippen LogP contribution in [0, 0.1) is 0 Å². The molecule has 112 valence electrons. The standard InChI is InChI=1S/C16H21N3O2/c1-2-11-10-17-9-8-12(11)15-18-16(21-19-15)13-6-4-3-5-7-14(13)20/h8-10,13-14,20H,2-7H2,1H3. The predicted molar refractivity (Wildman–Crippen MR) is 78.7 cm³/mol. The molecule has 0 aliphatic heterocycles. The van der Waals surface area contributed by atoms with Gasteiger partial charge in [0.2, 0.25) is 11.7 Å². The third-order valence-corrected chi connectivity index (χ3v) is 4.26. The summed E-state index contributed by atoms with van der Waals surface area (Å²) in [7, 11) is 0. The minimum atomic E-state index is -0.371. The molecule has 1 N–H and O–H groups in total. The molecule has 0 amide bonds. The number of pyridine rings is 1. The van der Waals surface area contributed by atoms with Crippen LogP contribution in [0.25, 0.3) is 11.4 Å². The molecular formula is C16H21N3O2. The van der Waals surface area contributed by atoms with Gasteiger partial charge in [0.25, 0.3) is 0 Å². The van der Waals surface area contributed by atoms with E-state index in [0.717, 1.165) is 43.2 Å². The molecule has 2 aromatic rings. The molecule has 0 spiro atoms. The van der Waals surface area contributed by atoms with E-state index in [2.05, 4.69) is 22.0 Å². The molecule has 1 aliphatic rings. The zero-order chi connectivity index (χ0) is 14.7. The molecule has 1 saturated carbocycles. The minimum Gasteiger partial charge on any atom is -0.392 e. The average Bonchev–Trinajstić information content (AvgIpc) is 2.90. The summed E-state index contributed by atoms with van der Waals surface area (Å²) in [5.74, 6) is 1.14. The molecule has 0 aromatic carbocycles. The van der Waals surface area contributed by atoms with Gasteiger partial charge in [-0.05, 0) is 30.9 Å². The summed E-state index contributed by atoms with van der Waals surface area (Å²) in [5, 5.41) is 14.4. The van der Waals surface area contributed by atoms with E-state index >= 15 is 0 Å². The van der Waals surface area contributed by atoms with Crippen molar-refractivity contribution in [3.8, 4) is 11.4 Å². The number of rotatable bonds is 3. The van der Waals surface area contributed by atoms with Crippen LogP contribution in [0.5, 0.6) is 0 Å². The number of aromatic nitrogens is 3. The Morgan fingerprint density at radius 2 is 2.14 bits per heavy atom. The van der Waals surface area contributed by atoms with Gasteiger partial charge in [-0.1, -0.05) is 31.3 Å². The highest BCUT2D eigenvalue weighted by Crippen LogP contribution is 2.32. The Morgan fingerprint density at radius 1 is 1.29 bits per heavy atom. The molecule has 0 radical (unpaired) electrons. The van der Waals surface area contributed by atoms with Gasteiger partial charge in [0.05, 0.1) is 12.0 Å². The van der Waals surface area contributed by atoms with Crippen LogP contribution >= 0.6 is 0 Å². The second kappa shape index (κ2) is 6.35. The molecule has 0 bridgehead atoms. The van der Waals surface area contributed by atoms with Gasteiger partial charge < -0.3 is 9.63 Å². The summed E-state index contributed by atoms with van der Waals surface area (Å²) >= 11 is 0. The highest BCUT2D eigenvalue weighted by atomic mass is 16.5. The predicted octanol–water partition coefficient (Wildman–Crippen LogP) is 3.10. The summed E-state index contributed by atoms with van der Waals surface area (Å²) < 4.78 is 5.44. The van der Waals surface area contributed by atoms with Crippen LogP contribution in [-0.2, 0) is 6.42 Å². The van der Waals surface area contributed by atoms with E-state index in [4.69, 9.17) is 4.52 Å². The first-order valence-electron chi connectivity index (χ1n) is 7.74. The first kappa shape index (κ1) is 14.2. The molecule has 2 unspecified atom stereocenters. The van der Waals surface area contributed by atoms with Crippen molar-refractivity contribution in [1.29, 1.82) is 0 Å². The van der Waals surface area contributed by atoms with Crippen molar-refractivity contribution < 1.29 is 9.63 Å². The minimum absolute atomic E-state index is 0.0272. The normalized spacial score (nSPS) is 23.0. The smallest absolute Gasteiger partial charge is 0.232 e. The van der Waals surface area contributed by atoms with E-state index < -0.39 is 0 Å². The third-order valence-electron chi connectivity index (χ3n) is 4.26. The maximum Gasteiger partial charge on any atom is 0.232 e. The Balaban J connectivity index is 1.89. The lowest BCUT2D eigenvalue weighted by Crippen LogP contribution is -2.17. The summed E-state index contributed by atoms with van der Waals surface area (Å²) in [4.78, 5) is 8.68. The van der Waals surface area contributed by atoms with Gasteiger partial charge in [0.1, 0.15) is 0 Å². The number of hydrogen-bond acceptors (Lipinski definition) is 5. The molecule has 2 atom stereocenters. The zero-order valence-electron chi connectivity index (χ0n) is 12.3. The molecule has 0 saturated heterocycles. The first-order valence-corrected chi connectivity index (χ1v) is 7.74. The Bertz CT molecular complexity index is 597. The van der Waals surface area contributed by atoms with Crippen molar-refractivity contribution in [3.05, 3.63) is 29.9 Å². The monoisotopic (exact) mass is 287 g/mol. The maximum atomic E-state index is 10.2. The lowest BCUT2D eigenvalue weighted by molar-refractivity contribution is 0.119. The molecule has 21 heavy (non-hydrogen) atoms. The highest BCUT2D eigenvalue weighted by molar-refractivity contribution is 5.58. The van der Waals surface area contributed by atoms with Crippen LogP contribution in [0.3, 0.4) is 0 Å². The summed E-state index contributed by atoms with van der Waals surface area (Å²) in [6.45, 7) is 2.08. The van der Waals surface area contributed by atoms with E-state index in [1.807, 2.05) is 12.3 Å². The molecule has 1 aliphatic carbocycles. The number of hydrogen-bond donors (Lipinski definition) is 1. The van der Waals surface area contributed by atoms with Crippen LogP contribution in [0.1, 0.15) is 56.4 Å². The molecule has 1 fully saturated rings. The quantitative estimate of drug-likeness (QED) is 0.878. The first-order chi connectivity index (χ1) is 10.3. The molecule has 2 heterocycles.